The molecule has 1 unspecified atom stereocenters. The van der Waals surface area contributed by atoms with E-state index in [1.165, 1.54) is 12.0 Å². The Bertz CT molecular complexity index is 1180. The molecule has 0 bridgehead atoms. The molecule has 10 heteroatoms. The van der Waals surface area contributed by atoms with Gasteiger partial charge in [0.25, 0.3) is 5.91 Å². The Labute approximate surface area is 195 Å². The number of halogens is 1. The molecule has 0 aromatic heterocycles. The van der Waals surface area contributed by atoms with Crippen LogP contribution in [-0.2, 0) is 27.6 Å². The van der Waals surface area contributed by atoms with Crippen LogP contribution in [0, 0.1) is 0 Å². The smallest absolute Gasteiger partial charge is 0.255 e. The number of imide groups is 1. The zero-order valence-corrected chi connectivity index (χ0v) is 18.6. The molecule has 0 aliphatic carbocycles. The number of carbonyl (C=O) groups excluding carboxylic acids is 3. The van der Waals surface area contributed by atoms with Crippen LogP contribution in [0.1, 0.15) is 39.9 Å². The molecule has 1 fully saturated rings. The van der Waals surface area contributed by atoms with Gasteiger partial charge >= 0.3 is 0 Å². The Morgan fingerprint density at radius 3 is 2.82 bits per heavy atom. The number of rotatable bonds is 6. The van der Waals surface area contributed by atoms with E-state index in [0.29, 0.717) is 28.3 Å². The van der Waals surface area contributed by atoms with E-state index in [2.05, 4.69) is 22.2 Å². The van der Waals surface area contributed by atoms with Crippen molar-refractivity contribution in [3.05, 3.63) is 63.7 Å². The molecule has 4 rings (SSSR count). The van der Waals surface area contributed by atoms with Crippen LogP contribution in [0.25, 0.3) is 0 Å². The first-order valence-electron chi connectivity index (χ1n) is 10.2. The van der Waals surface area contributed by atoms with E-state index in [4.69, 9.17) is 21.2 Å². The number of oxime groups is 1. The third-order valence-corrected chi connectivity index (χ3v) is 5.85. The third-order valence-electron chi connectivity index (χ3n) is 5.54. The highest BCUT2D eigenvalue weighted by Crippen LogP contribution is 2.29. The Morgan fingerprint density at radius 1 is 1.27 bits per heavy atom. The molecular weight excluding hydrogens is 448 g/mol. The van der Waals surface area contributed by atoms with Crippen molar-refractivity contribution in [2.45, 2.75) is 32.0 Å². The van der Waals surface area contributed by atoms with E-state index in [0.717, 1.165) is 11.1 Å². The molecule has 0 radical (unpaired) electrons. The predicted molar refractivity (Wildman–Crippen MR) is 121 cm³/mol. The quantitative estimate of drug-likeness (QED) is 0.303. The Balaban J connectivity index is 1.47. The van der Waals surface area contributed by atoms with Crippen molar-refractivity contribution in [3.8, 4) is 5.75 Å². The Hall–Kier alpha value is -3.72. The molecule has 2 aromatic carbocycles. The van der Waals surface area contributed by atoms with E-state index in [9.17, 15) is 14.4 Å². The summed E-state index contributed by atoms with van der Waals surface area (Å²) in [6, 6.07) is 9.81. The topological polar surface area (TPSA) is 110 Å². The minimum absolute atomic E-state index is 0.117. The average molecular weight is 469 g/mol. The number of carbonyl (C=O) groups is 3. The number of methoxy groups -OCH3 is 1. The lowest BCUT2D eigenvalue weighted by Crippen LogP contribution is -2.52. The molecular formula is C23H21ClN4O5. The van der Waals surface area contributed by atoms with E-state index in [1.54, 1.807) is 30.3 Å². The van der Waals surface area contributed by atoms with Gasteiger partial charge in [-0.2, -0.15) is 0 Å². The van der Waals surface area contributed by atoms with Gasteiger partial charge in [-0.3, -0.25) is 19.7 Å². The monoisotopic (exact) mass is 468 g/mol. The average Bonchev–Trinajstić information content (AvgIpc) is 3.12. The second-order valence-corrected chi connectivity index (χ2v) is 7.96. The molecule has 0 saturated carbocycles. The first-order chi connectivity index (χ1) is 15.9. The summed E-state index contributed by atoms with van der Waals surface area (Å²) in [5, 5.41) is 6.74. The molecule has 2 aromatic rings. The second-order valence-electron chi connectivity index (χ2n) is 7.55. The van der Waals surface area contributed by atoms with Crippen LogP contribution in [0.15, 0.2) is 46.5 Å². The number of fused-ring (bicyclic) bond motifs is 1. The molecule has 0 spiro atoms. The van der Waals surface area contributed by atoms with Gasteiger partial charge in [0, 0.05) is 18.5 Å². The van der Waals surface area contributed by atoms with Gasteiger partial charge in [0.1, 0.15) is 18.4 Å². The molecule has 2 aliphatic rings. The van der Waals surface area contributed by atoms with Crippen molar-refractivity contribution in [3.63, 3.8) is 0 Å². The number of ether oxygens (including phenoxy) is 1. The van der Waals surface area contributed by atoms with Crippen molar-refractivity contribution in [2.75, 3.05) is 7.11 Å². The van der Waals surface area contributed by atoms with Gasteiger partial charge < -0.3 is 14.5 Å². The van der Waals surface area contributed by atoms with Crippen molar-refractivity contribution >= 4 is 41.9 Å². The fourth-order valence-electron chi connectivity index (χ4n) is 3.93. The third kappa shape index (κ3) is 4.45. The number of nitrogens with one attached hydrogen (secondary N) is 1. The van der Waals surface area contributed by atoms with Gasteiger partial charge in [-0.05, 0) is 48.5 Å². The van der Waals surface area contributed by atoms with Gasteiger partial charge in [0.05, 0.1) is 17.7 Å². The number of hydrogen-bond acceptors (Lipinski definition) is 6. The first kappa shape index (κ1) is 22.5. The summed E-state index contributed by atoms with van der Waals surface area (Å²) in [6.45, 7) is 3.93. The normalized spacial score (nSPS) is 18.1. The van der Waals surface area contributed by atoms with Gasteiger partial charge in [0.2, 0.25) is 17.6 Å². The van der Waals surface area contributed by atoms with Crippen LogP contribution in [0.3, 0.4) is 0 Å². The molecule has 2 aliphatic heterocycles. The minimum Gasteiger partial charge on any atom is -0.496 e. The zero-order chi connectivity index (χ0) is 23.5. The molecule has 3 amide bonds. The number of amides is 3. The van der Waals surface area contributed by atoms with Crippen molar-refractivity contribution in [2.24, 2.45) is 10.1 Å². The van der Waals surface area contributed by atoms with Gasteiger partial charge in [0.15, 0.2) is 0 Å². The number of nitrogens with zero attached hydrogens (tertiary/aromatic N) is 3. The Kier molecular flexibility index (Phi) is 6.41. The number of benzene rings is 2. The summed E-state index contributed by atoms with van der Waals surface area (Å²) in [6.07, 6.45) is 0.529. The van der Waals surface area contributed by atoms with Gasteiger partial charge in [-0.1, -0.05) is 28.9 Å². The number of amidine groups is 1. The molecule has 1 saturated heterocycles. The SMILES string of the molecule is C=N/C(=N\OCc1ccc2c(c1)CN(C1CCC(=O)NC1=O)C2=O)c1c(Cl)cccc1OC. The standard InChI is InChI=1S/C23H21ClN4O5/c1-25-21(20-16(24)4-3-5-18(20)32-2)27-33-12-13-6-7-15-14(10-13)11-28(23(15)31)17-8-9-19(29)26-22(17)30/h3-7,10,17H,1,8-9,11-12H2,2H3,(H,26,29,30)/b27-21-. The first-order valence-corrected chi connectivity index (χ1v) is 10.6. The maximum absolute atomic E-state index is 12.8. The van der Waals surface area contributed by atoms with Crippen molar-refractivity contribution in [1.82, 2.24) is 10.2 Å². The van der Waals surface area contributed by atoms with Gasteiger partial charge in [-0.15, -0.1) is 0 Å². The lowest BCUT2D eigenvalue weighted by molar-refractivity contribution is -0.136. The highest BCUT2D eigenvalue weighted by Gasteiger charge is 2.39. The fraction of sp³-hybridized carbons (Fsp3) is 0.261. The minimum atomic E-state index is -0.654. The molecule has 170 valence electrons. The van der Waals surface area contributed by atoms with Crippen LogP contribution < -0.4 is 10.1 Å². The summed E-state index contributed by atoms with van der Waals surface area (Å²) in [7, 11) is 1.51. The zero-order valence-electron chi connectivity index (χ0n) is 17.8. The summed E-state index contributed by atoms with van der Waals surface area (Å²) in [5.41, 5.74) is 2.56. The van der Waals surface area contributed by atoms with Gasteiger partial charge in [-0.25, -0.2) is 4.99 Å². The van der Waals surface area contributed by atoms with E-state index in [-0.39, 0.29) is 37.2 Å². The fourth-order valence-corrected chi connectivity index (χ4v) is 4.18. The molecule has 9 nitrogen and oxygen atoms in total. The molecule has 1 atom stereocenters. The summed E-state index contributed by atoms with van der Waals surface area (Å²) in [4.78, 5) is 47.3. The van der Waals surface area contributed by atoms with Crippen LogP contribution in [0.5, 0.6) is 5.75 Å². The van der Waals surface area contributed by atoms with E-state index >= 15 is 0 Å². The van der Waals surface area contributed by atoms with Crippen LogP contribution in [-0.4, -0.2) is 48.3 Å². The molecule has 2 heterocycles. The van der Waals surface area contributed by atoms with Crippen LogP contribution in [0.4, 0.5) is 0 Å². The van der Waals surface area contributed by atoms with Crippen LogP contribution >= 0.6 is 11.6 Å². The highest BCUT2D eigenvalue weighted by atomic mass is 35.5. The maximum Gasteiger partial charge on any atom is 0.255 e. The molecule has 1 N–H and O–H groups in total. The predicted octanol–water partition coefficient (Wildman–Crippen LogP) is 2.69. The number of hydrogen-bond donors (Lipinski definition) is 1. The number of piperidine rings is 1. The lowest BCUT2D eigenvalue weighted by atomic mass is 10.0. The summed E-state index contributed by atoms with van der Waals surface area (Å²) >= 11 is 6.26. The largest absolute Gasteiger partial charge is 0.496 e. The summed E-state index contributed by atoms with van der Waals surface area (Å²) < 4.78 is 5.32. The Morgan fingerprint density at radius 2 is 2.09 bits per heavy atom. The lowest BCUT2D eigenvalue weighted by Gasteiger charge is -2.29. The maximum atomic E-state index is 12.8. The van der Waals surface area contributed by atoms with Crippen molar-refractivity contribution in [1.29, 1.82) is 0 Å². The summed E-state index contributed by atoms with van der Waals surface area (Å²) in [5.74, 6) is -0.318. The second kappa shape index (κ2) is 9.41. The molecule has 33 heavy (non-hydrogen) atoms. The van der Waals surface area contributed by atoms with Crippen LogP contribution in [0.2, 0.25) is 5.02 Å². The number of aliphatic imine (C=N–C) groups is 1. The highest BCUT2D eigenvalue weighted by molar-refractivity contribution is 6.34. The van der Waals surface area contributed by atoms with E-state index in [1.807, 2.05) is 6.07 Å². The van der Waals surface area contributed by atoms with E-state index < -0.39 is 11.9 Å². The van der Waals surface area contributed by atoms with Crippen molar-refractivity contribution < 1.29 is 24.0 Å².